The zero-order valence-electron chi connectivity index (χ0n) is 34.8. The summed E-state index contributed by atoms with van der Waals surface area (Å²) in [6.45, 7) is 2.56. The van der Waals surface area contributed by atoms with E-state index in [0.717, 1.165) is 57.8 Å². The van der Waals surface area contributed by atoms with Crippen LogP contribution in [0.5, 0.6) is 0 Å². The Kier molecular flexibility index (Phi) is 36.3. The van der Waals surface area contributed by atoms with Crippen molar-refractivity contribution in [2.75, 3.05) is 19.8 Å². The normalized spacial score (nSPS) is 15.0. The van der Waals surface area contributed by atoms with Gasteiger partial charge in [0.05, 0.1) is 19.3 Å². The third-order valence-corrected chi connectivity index (χ3v) is 9.46. The lowest BCUT2D eigenvalue weighted by atomic mass is 10.1. The number of carbonyl (C=O) groups excluding carboxylic acids is 2. The van der Waals surface area contributed by atoms with Crippen LogP contribution in [0.3, 0.4) is 0 Å². The molecule has 0 aliphatic carbocycles. The number of nitrogens with two attached hydrogens (primary N) is 1. The molecule has 0 rings (SSSR count). The molecule has 0 aromatic heterocycles. The molecule has 326 valence electrons. The van der Waals surface area contributed by atoms with Gasteiger partial charge in [0, 0.05) is 12.8 Å². The monoisotopic (exact) mass is 823 g/mol. The number of esters is 2. The van der Waals surface area contributed by atoms with Gasteiger partial charge in [0.15, 0.2) is 6.10 Å². The second kappa shape index (κ2) is 38.4. The van der Waals surface area contributed by atoms with Gasteiger partial charge in [-0.3, -0.25) is 23.4 Å². The van der Waals surface area contributed by atoms with Gasteiger partial charge in [-0.15, -0.1) is 0 Å². The van der Waals surface area contributed by atoms with Gasteiger partial charge < -0.3 is 30.3 Å². The highest BCUT2D eigenvalue weighted by atomic mass is 31.2. The van der Waals surface area contributed by atoms with Gasteiger partial charge in [0.2, 0.25) is 0 Å². The van der Waals surface area contributed by atoms with E-state index >= 15 is 0 Å². The van der Waals surface area contributed by atoms with Crippen LogP contribution in [0.2, 0.25) is 0 Å². The minimum absolute atomic E-state index is 0.0801. The van der Waals surface area contributed by atoms with E-state index < -0.39 is 63.8 Å². The summed E-state index contributed by atoms with van der Waals surface area (Å²) in [4.78, 5) is 45.9. The van der Waals surface area contributed by atoms with Crippen LogP contribution in [-0.2, 0) is 37.5 Å². The SMILES string of the molecule is CCCCC/C=C\C/C=C\CCCCCCCC(=O)O[C@H](COC(=O)CCC/C=C/C=C\C(O)C/C=C\C/C=C\CCCCC)COP(=O)(O)OC[C@H](N)C(=O)O. The molecule has 13 heteroatoms. The van der Waals surface area contributed by atoms with Gasteiger partial charge in [0.25, 0.3) is 0 Å². The van der Waals surface area contributed by atoms with Crippen LogP contribution < -0.4 is 5.73 Å². The number of hydrogen-bond acceptors (Lipinski definition) is 10. The smallest absolute Gasteiger partial charge is 0.472 e. The van der Waals surface area contributed by atoms with E-state index in [-0.39, 0.29) is 12.8 Å². The lowest BCUT2D eigenvalue weighted by molar-refractivity contribution is -0.161. The first-order chi connectivity index (χ1) is 27.5. The Morgan fingerprint density at radius 3 is 1.77 bits per heavy atom. The summed E-state index contributed by atoms with van der Waals surface area (Å²) < 4.78 is 32.5. The Morgan fingerprint density at radius 1 is 0.632 bits per heavy atom. The van der Waals surface area contributed by atoms with Gasteiger partial charge in [-0.05, 0) is 77.0 Å². The molecule has 0 spiro atoms. The topological polar surface area (TPSA) is 192 Å². The highest BCUT2D eigenvalue weighted by Crippen LogP contribution is 2.43. The fourth-order valence-corrected chi connectivity index (χ4v) is 5.89. The molecule has 4 atom stereocenters. The van der Waals surface area contributed by atoms with Gasteiger partial charge in [-0.2, -0.15) is 0 Å². The summed E-state index contributed by atoms with van der Waals surface area (Å²) in [6.07, 6.45) is 41.4. The Labute approximate surface area is 343 Å². The summed E-state index contributed by atoms with van der Waals surface area (Å²) in [6, 6.07) is -1.55. The van der Waals surface area contributed by atoms with Gasteiger partial charge >= 0.3 is 25.7 Å². The maximum absolute atomic E-state index is 12.6. The number of phosphoric ester groups is 1. The van der Waals surface area contributed by atoms with Crippen molar-refractivity contribution in [3.8, 4) is 0 Å². The van der Waals surface area contributed by atoms with Crippen LogP contribution in [0.25, 0.3) is 0 Å². The molecule has 0 saturated carbocycles. The number of aliphatic hydroxyl groups excluding tert-OH is 1. The maximum atomic E-state index is 12.6. The van der Waals surface area contributed by atoms with Crippen molar-refractivity contribution in [3.05, 3.63) is 72.9 Å². The molecule has 57 heavy (non-hydrogen) atoms. The van der Waals surface area contributed by atoms with Crippen LogP contribution in [0.15, 0.2) is 72.9 Å². The average molecular weight is 824 g/mol. The summed E-state index contributed by atoms with van der Waals surface area (Å²) in [7, 11) is -4.75. The number of phosphoric acid groups is 1. The van der Waals surface area contributed by atoms with E-state index in [2.05, 4.69) is 54.8 Å². The predicted octanol–water partition coefficient (Wildman–Crippen LogP) is 9.92. The molecule has 0 aromatic rings. The summed E-state index contributed by atoms with van der Waals surface area (Å²) >= 11 is 0. The molecule has 0 saturated heterocycles. The quantitative estimate of drug-likeness (QED) is 0.0152. The Morgan fingerprint density at radius 2 is 1.16 bits per heavy atom. The highest BCUT2D eigenvalue weighted by molar-refractivity contribution is 7.47. The number of carboxylic acid groups (broad SMARTS) is 1. The van der Waals surface area contributed by atoms with Crippen LogP contribution in [-0.4, -0.2) is 71.1 Å². The second-order valence-corrected chi connectivity index (χ2v) is 15.4. The van der Waals surface area contributed by atoms with Crippen molar-refractivity contribution in [3.63, 3.8) is 0 Å². The Hall–Kier alpha value is -3.12. The lowest BCUT2D eigenvalue weighted by Crippen LogP contribution is -2.34. The third-order valence-electron chi connectivity index (χ3n) is 8.51. The number of ether oxygens (including phenoxy) is 2. The van der Waals surface area contributed by atoms with E-state index in [9.17, 15) is 28.9 Å². The Bertz CT molecular complexity index is 1260. The molecule has 0 fully saturated rings. The number of carboxylic acids is 1. The average Bonchev–Trinajstić information content (AvgIpc) is 3.18. The molecule has 12 nitrogen and oxygen atoms in total. The zero-order valence-corrected chi connectivity index (χ0v) is 35.7. The number of hydrogen-bond donors (Lipinski definition) is 4. The number of allylic oxidation sites excluding steroid dienone is 10. The molecule has 2 unspecified atom stereocenters. The molecule has 0 heterocycles. The van der Waals surface area contributed by atoms with Crippen molar-refractivity contribution in [1.82, 2.24) is 0 Å². The summed E-state index contributed by atoms with van der Waals surface area (Å²) in [5, 5.41) is 19.0. The van der Waals surface area contributed by atoms with Crippen molar-refractivity contribution in [2.24, 2.45) is 5.73 Å². The van der Waals surface area contributed by atoms with Crippen molar-refractivity contribution >= 4 is 25.7 Å². The largest absolute Gasteiger partial charge is 0.480 e. The second-order valence-electron chi connectivity index (χ2n) is 14.0. The minimum Gasteiger partial charge on any atom is -0.480 e. The van der Waals surface area contributed by atoms with Gasteiger partial charge in [0.1, 0.15) is 12.6 Å². The van der Waals surface area contributed by atoms with Crippen LogP contribution in [0.4, 0.5) is 0 Å². The first-order valence-electron chi connectivity index (χ1n) is 21.1. The van der Waals surface area contributed by atoms with E-state index in [1.807, 2.05) is 18.2 Å². The summed E-state index contributed by atoms with van der Waals surface area (Å²) in [5.41, 5.74) is 5.32. The van der Waals surface area contributed by atoms with Gasteiger partial charge in [-0.1, -0.05) is 132 Å². The van der Waals surface area contributed by atoms with Gasteiger partial charge in [-0.25, -0.2) is 4.57 Å². The summed E-state index contributed by atoms with van der Waals surface area (Å²) in [5.74, 6) is -2.55. The number of carbonyl (C=O) groups is 3. The van der Waals surface area contributed by atoms with Crippen LogP contribution in [0, 0.1) is 0 Å². The highest BCUT2D eigenvalue weighted by Gasteiger charge is 2.28. The van der Waals surface area contributed by atoms with E-state index in [0.29, 0.717) is 25.7 Å². The molecule has 0 amide bonds. The molecule has 0 bridgehead atoms. The van der Waals surface area contributed by atoms with Crippen molar-refractivity contribution in [2.45, 2.75) is 167 Å². The molecular weight excluding hydrogens is 749 g/mol. The number of aliphatic carboxylic acids is 1. The van der Waals surface area contributed by atoms with E-state index in [1.165, 1.54) is 38.5 Å². The van der Waals surface area contributed by atoms with Crippen LogP contribution in [0.1, 0.15) is 149 Å². The van der Waals surface area contributed by atoms with E-state index in [1.54, 1.807) is 18.2 Å². The number of aliphatic hydroxyl groups is 1. The molecule has 0 aliphatic heterocycles. The standard InChI is InChI=1S/C44H74NO11P/c1-3-5-7-9-11-13-14-15-16-17-18-20-22-26-31-35-43(48)56-40(37-54-57(51,52)55-38-41(45)44(49)50)36-53-42(47)34-30-27-23-25-29-33-39(46)32-28-24-21-19-12-10-8-6-4-2/h11-13,15-16,19,23-25,28-29,33,39-41,46H,3-10,14,17-18,20-22,26-27,30-32,34-38,45H2,1-2H3,(H,49,50)(H,51,52)/b13-11-,16-15-,19-12-,25-23+,28-24-,33-29-/t39?,40-,41+/m1/s1. The Balaban J connectivity index is 4.60. The molecule has 0 radical (unpaired) electrons. The zero-order chi connectivity index (χ0) is 42.2. The lowest BCUT2D eigenvalue weighted by Gasteiger charge is -2.20. The van der Waals surface area contributed by atoms with Crippen LogP contribution >= 0.6 is 7.82 Å². The molecular formula is C44H74NO11P. The predicted molar refractivity (Wildman–Crippen MR) is 227 cm³/mol. The number of unbranched alkanes of at least 4 members (excludes halogenated alkanes) is 12. The molecule has 0 aliphatic rings. The third kappa shape index (κ3) is 38.2. The molecule has 5 N–H and O–H groups in total. The number of rotatable bonds is 38. The van der Waals surface area contributed by atoms with Crippen molar-refractivity contribution < 1.29 is 52.6 Å². The van der Waals surface area contributed by atoms with E-state index in [4.69, 9.17) is 24.8 Å². The fraction of sp³-hybridized carbons (Fsp3) is 0.659. The van der Waals surface area contributed by atoms with Crippen molar-refractivity contribution in [1.29, 1.82) is 0 Å². The first kappa shape index (κ1) is 53.9. The first-order valence-corrected chi connectivity index (χ1v) is 22.6. The maximum Gasteiger partial charge on any atom is 0.472 e. The fourth-order valence-electron chi connectivity index (χ4n) is 5.11. The molecule has 0 aromatic carbocycles. The minimum atomic E-state index is -4.75.